The topological polar surface area (TPSA) is 56.1 Å². The van der Waals surface area contributed by atoms with Gasteiger partial charge in [0.25, 0.3) is 5.91 Å². The molecule has 2 aromatic heterocycles. The number of amides is 1. The minimum Gasteiger partial charge on any atom is -0.489 e. The second kappa shape index (κ2) is 7.72. The van der Waals surface area contributed by atoms with Crippen LogP contribution in [-0.2, 0) is 20.2 Å². The van der Waals surface area contributed by atoms with Gasteiger partial charge in [0, 0.05) is 35.4 Å². The second-order valence-corrected chi connectivity index (χ2v) is 6.97. The highest BCUT2D eigenvalue weighted by atomic mass is 35.5. The van der Waals surface area contributed by atoms with Crippen LogP contribution in [0.3, 0.4) is 0 Å². The van der Waals surface area contributed by atoms with Gasteiger partial charge in [-0.25, -0.2) is 0 Å². The monoisotopic (exact) mass is 375 g/mol. The number of hydrogen-bond acceptors (Lipinski definition) is 4. The molecule has 7 heteroatoms. The van der Waals surface area contributed by atoms with Crippen molar-refractivity contribution >= 4 is 28.8 Å². The normalized spacial score (nSPS) is 10.7. The molecule has 1 amide bonds. The van der Waals surface area contributed by atoms with E-state index in [9.17, 15) is 4.79 Å². The standard InChI is InChI=1S/C18H18ClN3O2S/c1-12-14(9-21-22(12)2)8-20-18(23)17-6-13(11-25-17)10-24-16-5-3-4-15(19)7-16/h3-7,9,11H,8,10H2,1-2H3,(H,20,23). The first-order chi connectivity index (χ1) is 12.0. The van der Waals surface area contributed by atoms with Gasteiger partial charge in [0.05, 0.1) is 11.1 Å². The molecule has 0 radical (unpaired) electrons. The van der Waals surface area contributed by atoms with Gasteiger partial charge in [0.15, 0.2) is 0 Å². The summed E-state index contributed by atoms with van der Waals surface area (Å²) < 4.78 is 7.48. The third-order valence-electron chi connectivity index (χ3n) is 3.86. The quantitative estimate of drug-likeness (QED) is 0.709. The van der Waals surface area contributed by atoms with Crippen LogP contribution in [0.4, 0.5) is 0 Å². The molecule has 5 nitrogen and oxygen atoms in total. The number of carbonyl (C=O) groups excluding carboxylic acids is 1. The summed E-state index contributed by atoms with van der Waals surface area (Å²) in [4.78, 5) is 12.9. The van der Waals surface area contributed by atoms with Crippen molar-refractivity contribution in [3.8, 4) is 5.75 Å². The van der Waals surface area contributed by atoms with E-state index in [1.165, 1.54) is 11.3 Å². The van der Waals surface area contributed by atoms with Crippen LogP contribution in [0.15, 0.2) is 41.9 Å². The average molecular weight is 376 g/mol. The fourth-order valence-electron chi connectivity index (χ4n) is 2.27. The fraction of sp³-hybridized carbons (Fsp3) is 0.222. The smallest absolute Gasteiger partial charge is 0.261 e. The predicted octanol–water partition coefficient (Wildman–Crippen LogP) is 3.95. The molecule has 2 heterocycles. The summed E-state index contributed by atoms with van der Waals surface area (Å²) in [6.45, 7) is 2.83. The third-order valence-corrected chi connectivity index (χ3v) is 5.07. The second-order valence-electron chi connectivity index (χ2n) is 5.63. The largest absolute Gasteiger partial charge is 0.489 e. The van der Waals surface area contributed by atoms with E-state index in [-0.39, 0.29) is 5.91 Å². The van der Waals surface area contributed by atoms with Crippen LogP contribution in [0.2, 0.25) is 5.02 Å². The van der Waals surface area contributed by atoms with E-state index in [4.69, 9.17) is 16.3 Å². The Morgan fingerprint density at radius 3 is 2.96 bits per heavy atom. The number of carbonyl (C=O) groups is 1. The first kappa shape index (κ1) is 17.5. The summed E-state index contributed by atoms with van der Waals surface area (Å²) in [5, 5.41) is 9.65. The maximum atomic E-state index is 12.3. The van der Waals surface area contributed by atoms with Gasteiger partial charge in [-0.1, -0.05) is 17.7 Å². The first-order valence-electron chi connectivity index (χ1n) is 7.74. The van der Waals surface area contributed by atoms with E-state index in [0.29, 0.717) is 28.8 Å². The predicted molar refractivity (Wildman–Crippen MR) is 99.2 cm³/mol. The lowest BCUT2D eigenvalue weighted by molar-refractivity contribution is 0.0955. The zero-order chi connectivity index (χ0) is 17.8. The van der Waals surface area contributed by atoms with Gasteiger partial charge in [-0.15, -0.1) is 11.3 Å². The van der Waals surface area contributed by atoms with Gasteiger partial charge >= 0.3 is 0 Å². The van der Waals surface area contributed by atoms with Crippen LogP contribution < -0.4 is 10.1 Å². The molecule has 0 aliphatic carbocycles. The van der Waals surface area contributed by atoms with Crippen molar-refractivity contribution in [2.45, 2.75) is 20.1 Å². The summed E-state index contributed by atoms with van der Waals surface area (Å²) in [6, 6.07) is 9.09. The lowest BCUT2D eigenvalue weighted by Gasteiger charge is -2.05. The molecule has 0 aliphatic rings. The van der Waals surface area contributed by atoms with E-state index >= 15 is 0 Å². The Balaban J connectivity index is 1.55. The highest BCUT2D eigenvalue weighted by Gasteiger charge is 2.11. The number of halogens is 1. The van der Waals surface area contributed by atoms with Crippen LogP contribution in [-0.4, -0.2) is 15.7 Å². The number of aromatic nitrogens is 2. The number of thiophene rings is 1. The van der Waals surface area contributed by atoms with Crippen molar-refractivity contribution in [1.82, 2.24) is 15.1 Å². The molecule has 0 fully saturated rings. The van der Waals surface area contributed by atoms with Crippen LogP contribution in [0.25, 0.3) is 0 Å². The Labute approximate surface area is 155 Å². The third kappa shape index (κ3) is 4.41. The first-order valence-corrected chi connectivity index (χ1v) is 9.00. The molecule has 3 rings (SSSR count). The van der Waals surface area contributed by atoms with Gasteiger partial charge in [-0.2, -0.15) is 5.10 Å². The van der Waals surface area contributed by atoms with E-state index < -0.39 is 0 Å². The summed E-state index contributed by atoms with van der Waals surface area (Å²) in [7, 11) is 1.88. The molecule has 1 N–H and O–H groups in total. The molecule has 0 unspecified atom stereocenters. The number of nitrogens with zero attached hydrogens (tertiary/aromatic N) is 2. The van der Waals surface area contributed by atoms with Gasteiger partial charge in [0.2, 0.25) is 0 Å². The molecule has 0 bridgehead atoms. The van der Waals surface area contributed by atoms with Crippen molar-refractivity contribution in [2.24, 2.45) is 7.05 Å². The van der Waals surface area contributed by atoms with Crippen LogP contribution in [0, 0.1) is 6.92 Å². The van der Waals surface area contributed by atoms with Gasteiger partial charge in [-0.05, 0) is 36.6 Å². The van der Waals surface area contributed by atoms with Gasteiger partial charge in [0.1, 0.15) is 12.4 Å². The zero-order valence-electron chi connectivity index (χ0n) is 14.0. The van der Waals surface area contributed by atoms with Gasteiger partial charge < -0.3 is 10.1 Å². The van der Waals surface area contributed by atoms with E-state index in [0.717, 1.165) is 16.8 Å². The number of ether oxygens (including phenoxy) is 1. The minimum absolute atomic E-state index is 0.0951. The zero-order valence-corrected chi connectivity index (χ0v) is 15.5. The maximum Gasteiger partial charge on any atom is 0.261 e. The molecule has 130 valence electrons. The number of rotatable bonds is 6. The van der Waals surface area contributed by atoms with Crippen molar-refractivity contribution in [1.29, 1.82) is 0 Å². The Hall–Kier alpha value is -2.31. The molecule has 0 aliphatic heterocycles. The molecule has 3 aromatic rings. The Morgan fingerprint density at radius 2 is 2.24 bits per heavy atom. The SMILES string of the molecule is Cc1c(CNC(=O)c2cc(COc3cccc(Cl)c3)cs2)cnn1C. The molecule has 0 spiro atoms. The molecular weight excluding hydrogens is 358 g/mol. The Bertz CT molecular complexity index is 888. The van der Waals surface area contributed by atoms with Crippen LogP contribution in [0.1, 0.15) is 26.5 Å². The van der Waals surface area contributed by atoms with Crippen LogP contribution >= 0.6 is 22.9 Å². The van der Waals surface area contributed by atoms with Crippen LogP contribution in [0.5, 0.6) is 5.75 Å². The van der Waals surface area contributed by atoms with Gasteiger partial charge in [-0.3, -0.25) is 9.48 Å². The average Bonchev–Trinajstić information content (AvgIpc) is 3.19. The molecule has 0 atom stereocenters. The molecule has 25 heavy (non-hydrogen) atoms. The lowest BCUT2D eigenvalue weighted by atomic mass is 10.2. The minimum atomic E-state index is -0.0951. The van der Waals surface area contributed by atoms with Crippen molar-refractivity contribution in [3.63, 3.8) is 0 Å². The van der Waals surface area contributed by atoms with Crippen molar-refractivity contribution in [3.05, 3.63) is 68.6 Å². The van der Waals surface area contributed by atoms with Crippen molar-refractivity contribution < 1.29 is 9.53 Å². The fourth-order valence-corrected chi connectivity index (χ4v) is 3.27. The Kier molecular flexibility index (Phi) is 5.40. The van der Waals surface area contributed by atoms with E-state index in [1.807, 2.05) is 37.6 Å². The van der Waals surface area contributed by atoms with E-state index in [2.05, 4.69) is 10.4 Å². The number of hydrogen-bond donors (Lipinski definition) is 1. The maximum absolute atomic E-state index is 12.3. The summed E-state index contributed by atoms with van der Waals surface area (Å²) in [5.74, 6) is 0.610. The Morgan fingerprint density at radius 1 is 1.40 bits per heavy atom. The summed E-state index contributed by atoms with van der Waals surface area (Å²) >= 11 is 7.33. The highest BCUT2D eigenvalue weighted by molar-refractivity contribution is 7.12. The number of nitrogens with one attached hydrogen (secondary N) is 1. The summed E-state index contributed by atoms with van der Waals surface area (Å²) in [6.07, 6.45) is 1.77. The molecule has 1 aromatic carbocycles. The van der Waals surface area contributed by atoms with E-state index in [1.54, 1.807) is 23.0 Å². The number of benzene rings is 1. The molecule has 0 saturated carbocycles. The molecular formula is C18H18ClN3O2S. The summed E-state index contributed by atoms with van der Waals surface area (Å²) in [5.41, 5.74) is 3.01. The molecule has 0 saturated heterocycles. The van der Waals surface area contributed by atoms with Crippen molar-refractivity contribution in [2.75, 3.05) is 0 Å². The lowest BCUT2D eigenvalue weighted by Crippen LogP contribution is -2.22. The highest BCUT2D eigenvalue weighted by Crippen LogP contribution is 2.20. The number of aryl methyl sites for hydroxylation is 1.